The molecule has 1 N–H and O–H groups in total. The Morgan fingerprint density at radius 1 is 1.28 bits per heavy atom. The molecule has 0 radical (unpaired) electrons. The van der Waals surface area contributed by atoms with Crippen molar-refractivity contribution in [2.45, 2.75) is 56.5 Å². The summed E-state index contributed by atoms with van der Waals surface area (Å²) in [6, 6.07) is 0. The van der Waals surface area contributed by atoms with Gasteiger partial charge in [0.1, 0.15) is 5.92 Å². The quantitative estimate of drug-likeness (QED) is 0.673. The second-order valence-corrected chi connectivity index (χ2v) is 8.62. The molecule has 0 aliphatic heterocycles. The number of anilines is 1. The molecule has 0 spiro atoms. The summed E-state index contributed by atoms with van der Waals surface area (Å²) in [4.78, 5) is 16.3. The molecular formula is C18H19F5N4OS. The van der Waals surface area contributed by atoms with Gasteiger partial charge >= 0.3 is 6.18 Å². The van der Waals surface area contributed by atoms with Gasteiger partial charge in [-0.2, -0.15) is 18.3 Å². The zero-order chi connectivity index (χ0) is 21.0. The topological polar surface area (TPSA) is 59.8 Å². The third kappa shape index (κ3) is 3.64. The third-order valence-corrected chi connectivity index (χ3v) is 6.70. The predicted molar refractivity (Wildman–Crippen MR) is 96.8 cm³/mol. The molecule has 2 heterocycles. The largest absolute Gasteiger partial charge is 0.443 e. The summed E-state index contributed by atoms with van der Waals surface area (Å²) in [6.45, 7) is 0. The van der Waals surface area contributed by atoms with Gasteiger partial charge in [0.25, 0.3) is 5.92 Å². The maximum Gasteiger partial charge on any atom is 0.443 e. The minimum absolute atomic E-state index is 0.00882. The van der Waals surface area contributed by atoms with Crippen LogP contribution in [0.4, 0.5) is 27.8 Å². The highest BCUT2D eigenvalue weighted by atomic mass is 32.1. The number of hydrogen-bond acceptors (Lipinski definition) is 4. The number of aryl methyl sites for hydroxylation is 1. The van der Waals surface area contributed by atoms with E-state index in [1.807, 2.05) is 0 Å². The Balaban J connectivity index is 1.70. The summed E-state index contributed by atoms with van der Waals surface area (Å²) < 4.78 is 68.2. The van der Waals surface area contributed by atoms with Crippen molar-refractivity contribution < 1.29 is 26.7 Å². The molecule has 11 heteroatoms. The minimum atomic E-state index is -4.55. The number of carbonyl (C=O) groups excluding carboxylic acids is 1. The van der Waals surface area contributed by atoms with Crippen molar-refractivity contribution in [2.75, 3.05) is 5.32 Å². The van der Waals surface area contributed by atoms with Crippen LogP contribution in [-0.2, 0) is 18.0 Å². The van der Waals surface area contributed by atoms with E-state index >= 15 is 0 Å². The predicted octanol–water partition coefficient (Wildman–Crippen LogP) is 5.20. The van der Waals surface area contributed by atoms with Gasteiger partial charge in [0, 0.05) is 25.2 Å². The Bertz CT molecular complexity index is 931. The van der Waals surface area contributed by atoms with Crippen LogP contribution < -0.4 is 5.32 Å². The lowest BCUT2D eigenvalue weighted by molar-refractivity contribution is -0.137. The molecule has 5 nitrogen and oxygen atoms in total. The monoisotopic (exact) mass is 434 g/mol. The average molecular weight is 434 g/mol. The third-order valence-electron chi connectivity index (χ3n) is 5.65. The van der Waals surface area contributed by atoms with E-state index in [0.29, 0.717) is 22.6 Å². The summed E-state index contributed by atoms with van der Waals surface area (Å²) in [5, 5.41) is 5.83. The fourth-order valence-electron chi connectivity index (χ4n) is 3.98. The van der Waals surface area contributed by atoms with Gasteiger partial charge in [-0.05, 0) is 31.6 Å². The molecular weight excluding hydrogens is 415 g/mol. The molecule has 2 fully saturated rings. The van der Waals surface area contributed by atoms with Crippen LogP contribution in [0.15, 0.2) is 6.20 Å². The van der Waals surface area contributed by atoms with E-state index in [0.717, 1.165) is 25.5 Å². The summed E-state index contributed by atoms with van der Waals surface area (Å²) in [6.07, 6.45) is -0.820. The van der Waals surface area contributed by atoms with Gasteiger partial charge in [-0.25, -0.2) is 13.8 Å². The van der Waals surface area contributed by atoms with E-state index in [2.05, 4.69) is 15.4 Å². The number of amides is 1. The van der Waals surface area contributed by atoms with Gasteiger partial charge in [-0.15, -0.1) is 11.3 Å². The number of rotatable bonds is 4. The van der Waals surface area contributed by atoms with Crippen LogP contribution in [0.25, 0.3) is 10.6 Å². The Morgan fingerprint density at radius 3 is 2.52 bits per heavy atom. The van der Waals surface area contributed by atoms with E-state index in [-0.39, 0.29) is 35.9 Å². The molecule has 29 heavy (non-hydrogen) atoms. The van der Waals surface area contributed by atoms with Crippen LogP contribution in [0.1, 0.15) is 55.0 Å². The highest BCUT2D eigenvalue weighted by molar-refractivity contribution is 7.15. The summed E-state index contributed by atoms with van der Waals surface area (Å²) >= 11 is 0.501. The summed E-state index contributed by atoms with van der Waals surface area (Å²) in [7, 11) is 1.56. The van der Waals surface area contributed by atoms with Crippen LogP contribution in [0.3, 0.4) is 0 Å². The lowest BCUT2D eigenvalue weighted by atomic mass is 9.79. The van der Waals surface area contributed by atoms with Gasteiger partial charge in [0.05, 0.1) is 10.6 Å². The van der Waals surface area contributed by atoms with Gasteiger partial charge in [0.15, 0.2) is 10.8 Å². The number of halogens is 5. The molecule has 2 aliphatic carbocycles. The second-order valence-electron chi connectivity index (χ2n) is 7.58. The van der Waals surface area contributed by atoms with Crippen molar-refractivity contribution in [2.24, 2.45) is 13.0 Å². The summed E-state index contributed by atoms with van der Waals surface area (Å²) in [5.74, 6) is -5.10. The first-order valence-corrected chi connectivity index (χ1v) is 10.2. The average Bonchev–Trinajstić information content (AvgIpc) is 3.23. The number of carbonyl (C=O) groups is 1. The molecule has 0 unspecified atom stereocenters. The number of nitrogens with zero attached hydrogens (tertiary/aromatic N) is 3. The molecule has 2 aliphatic rings. The Hall–Kier alpha value is -2.04. The number of hydrogen-bond donors (Lipinski definition) is 1. The molecule has 2 aromatic heterocycles. The molecule has 0 saturated heterocycles. The fourth-order valence-corrected chi connectivity index (χ4v) is 4.85. The molecule has 158 valence electrons. The van der Waals surface area contributed by atoms with E-state index in [1.165, 1.54) is 4.68 Å². The zero-order valence-electron chi connectivity index (χ0n) is 15.5. The van der Waals surface area contributed by atoms with Crippen molar-refractivity contribution in [3.05, 3.63) is 16.8 Å². The van der Waals surface area contributed by atoms with E-state index in [9.17, 15) is 26.7 Å². The molecule has 0 bridgehead atoms. The SMILES string of the molecule is Cn1nc(NC(=O)[C@H]2CCCC2(F)F)c(C2CCC2)c1-c1cnc(C(F)(F)F)s1. The van der Waals surface area contributed by atoms with Crippen LogP contribution in [0.5, 0.6) is 0 Å². The molecule has 1 atom stereocenters. The van der Waals surface area contributed by atoms with Crippen LogP contribution in [0.2, 0.25) is 0 Å². The highest BCUT2D eigenvalue weighted by Crippen LogP contribution is 2.47. The van der Waals surface area contributed by atoms with E-state index in [1.54, 1.807) is 7.05 Å². The number of thiazole rings is 1. The first-order valence-electron chi connectivity index (χ1n) is 9.37. The van der Waals surface area contributed by atoms with Gasteiger partial charge in [-0.1, -0.05) is 6.42 Å². The minimum Gasteiger partial charge on any atom is -0.309 e. The second kappa shape index (κ2) is 7.03. The Labute approximate surface area is 167 Å². The van der Waals surface area contributed by atoms with Gasteiger partial charge < -0.3 is 5.32 Å². The smallest absolute Gasteiger partial charge is 0.309 e. The number of aromatic nitrogens is 3. The molecule has 4 rings (SSSR count). The van der Waals surface area contributed by atoms with E-state index in [4.69, 9.17) is 0 Å². The van der Waals surface area contributed by atoms with Crippen molar-refractivity contribution in [1.82, 2.24) is 14.8 Å². The maximum absolute atomic E-state index is 14.0. The Kier molecular flexibility index (Phi) is 4.91. The van der Waals surface area contributed by atoms with Crippen molar-refractivity contribution in [3.8, 4) is 10.6 Å². The normalized spacial score (nSPS) is 21.9. The fraction of sp³-hybridized carbons (Fsp3) is 0.611. The van der Waals surface area contributed by atoms with Crippen LogP contribution in [0, 0.1) is 5.92 Å². The van der Waals surface area contributed by atoms with E-state index < -0.39 is 28.9 Å². The number of alkyl halides is 5. The first-order chi connectivity index (χ1) is 13.6. The summed E-state index contributed by atoms with van der Waals surface area (Å²) in [5.41, 5.74) is 1.04. The molecule has 2 aromatic rings. The van der Waals surface area contributed by atoms with Crippen molar-refractivity contribution >= 4 is 23.1 Å². The van der Waals surface area contributed by atoms with Gasteiger partial charge in [-0.3, -0.25) is 9.48 Å². The standard InChI is InChI=1S/C18H19F5N4OS/c1-27-13(11-8-24-16(29-11)18(21,22)23)12(9-4-2-5-9)14(26-27)25-15(28)10-6-3-7-17(10,19)20/h8-10H,2-7H2,1H3,(H,25,26,28)/t10-/m1/s1. The molecule has 0 aromatic carbocycles. The van der Waals surface area contributed by atoms with Gasteiger partial charge in [0.2, 0.25) is 5.91 Å². The lowest BCUT2D eigenvalue weighted by Crippen LogP contribution is -2.34. The first kappa shape index (κ1) is 20.2. The molecule has 2 saturated carbocycles. The lowest BCUT2D eigenvalue weighted by Gasteiger charge is -2.27. The zero-order valence-corrected chi connectivity index (χ0v) is 16.3. The van der Waals surface area contributed by atoms with Crippen molar-refractivity contribution in [1.29, 1.82) is 0 Å². The molecule has 1 amide bonds. The Morgan fingerprint density at radius 2 is 2.00 bits per heavy atom. The van der Waals surface area contributed by atoms with Crippen molar-refractivity contribution in [3.63, 3.8) is 0 Å². The number of nitrogens with one attached hydrogen (secondary N) is 1. The van der Waals surface area contributed by atoms with Crippen LogP contribution in [-0.4, -0.2) is 26.6 Å². The highest BCUT2D eigenvalue weighted by Gasteiger charge is 2.48. The van der Waals surface area contributed by atoms with Crippen LogP contribution >= 0.6 is 11.3 Å². The maximum atomic E-state index is 14.0.